The van der Waals surface area contributed by atoms with Crippen molar-refractivity contribution in [2.45, 2.75) is 0 Å². The zero-order valence-corrected chi connectivity index (χ0v) is 12.8. The first kappa shape index (κ1) is 15.5. The Morgan fingerprint density at radius 2 is 1.64 bits per heavy atom. The van der Waals surface area contributed by atoms with Crippen molar-refractivity contribution in [1.29, 1.82) is 0 Å². The number of hydrogen-bond donors (Lipinski definition) is 1. The minimum Gasteiger partial charge on any atom is -0.493 e. The molecule has 4 nitrogen and oxygen atoms in total. The molecule has 0 heterocycles. The lowest BCUT2D eigenvalue weighted by Gasteiger charge is -2.11. The molecule has 0 atom stereocenters. The molecule has 0 aromatic heterocycles. The van der Waals surface area contributed by atoms with Gasteiger partial charge in [-0.05, 0) is 18.2 Å². The van der Waals surface area contributed by atoms with Crippen molar-refractivity contribution in [3.8, 4) is 23.3 Å². The molecule has 0 aliphatic rings. The number of rotatable bonds is 3. The molecule has 1 amide bonds. The van der Waals surface area contributed by atoms with Gasteiger partial charge in [-0.2, -0.15) is 0 Å². The second-order valence-electron chi connectivity index (χ2n) is 4.45. The van der Waals surface area contributed by atoms with E-state index in [2.05, 4.69) is 17.2 Å². The van der Waals surface area contributed by atoms with Gasteiger partial charge in [0.1, 0.15) is 0 Å². The molecule has 0 unspecified atom stereocenters. The Labute approximate surface area is 130 Å². The van der Waals surface area contributed by atoms with Gasteiger partial charge < -0.3 is 14.8 Å². The summed E-state index contributed by atoms with van der Waals surface area (Å²) in [4.78, 5) is 12.0. The number of carbonyl (C=O) groups excluding carboxylic acids is 1. The standard InChI is InChI=1S/C18H17NO3/c1-19-18(20)15-12-17(22-3)16(21-2)11-14(15)10-9-13-7-5-4-6-8-13/h4-8,11-12H,1-3H3,(H,19,20). The largest absolute Gasteiger partial charge is 0.493 e. The van der Waals surface area contributed by atoms with Gasteiger partial charge in [0.05, 0.1) is 19.8 Å². The molecule has 0 aliphatic carbocycles. The van der Waals surface area contributed by atoms with Gasteiger partial charge in [0, 0.05) is 24.2 Å². The van der Waals surface area contributed by atoms with E-state index < -0.39 is 0 Å². The van der Waals surface area contributed by atoms with Crippen LogP contribution in [0.3, 0.4) is 0 Å². The number of methoxy groups -OCH3 is 2. The summed E-state index contributed by atoms with van der Waals surface area (Å²) in [5, 5.41) is 2.61. The molecule has 2 aromatic carbocycles. The molecule has 112 valence electrons. The lowest BCUT2D eigenvalue weighted by molar-refractivity contribution is 0.0962. The Hall–Kier alpha value is -2.93. The highest BCUT2D eigenvalue weighted by atomic mass is 16.5. The van der Waals surface area contributed by atoms with Crippen LogP contribution >= 0.6 is 0 Å². The van der Waals surface area contributed by atoms with Crippen LogP contribution in [0.2, 0.25) is 0 Å². The van der Waals surface area contributed by atoms with E-state index in [1.165, 1.54) is 7.11 Å². The Bertz CT molecular complexity index is 727. The summed E-state index contributed by atoms with van der Waals surface area (Å²) >= 11 is 0. The minimum atomic E-state index is -0.224. The zero-order chi connectivity index (χ0) is 15.9. The number of nitrogens with one attached hydrogen (secondary N) is 1. The Kier molecular flexibility index (Phi) is 5.05. The maximum absolute atomic E-state index is 12.0. The topological polar surface area (TPSA) is 47.6 Å². The minimum absolute atomic E-state index is 0.224. The lowest BCUT2D eigenvalue weighted by Crippen LogP contribution is -2.19. The van der Waals surface area contributed by atoms with Gasteiger partial charge in [-0.1, -0.05) is 30.0 Å². The van der Waals surface area contributed by atoms with Gasteiger partial charge in [-0.15, -0.1) is 0 Å². The fourth-order valence-electron chi connectivity index (χ4n) is 1.97. The molecule has 0 spiro atoms. The van der Waals surface area contributed by atoms with Crippen molar-refractivity contribution >= 4 is 5.91 Å². The molecule has 4 heteroatoms. The molecule has 2 aromatic rings. The fourth-order valence-corrected chi connectivity index (χ4v) is 1.97. The van der Waals surface area contributed by atoms with Crippen LogP contribution < -0.4 is 14.8 Å². The maximum Gasteiger partial charge on any atom is 0.252 e. The van der Waals surface area contributed by atoms with Gasteiger partial charge in [-0.3, -0.25) is 4.79 Å². The van der Waals surface area contributed by atoms with Gasteiger partial charge in [0.15, 0.2) is 11.5 Å². The molecular formula is C18H17NO3. The van der Waals surface area contributed by atoms with Crippen LogP contribution in [-0.2, 0) is 0 Å². The number of amides is 1. The van der Waals surface area contributed by atoms with Crippen LogP contribution in [-0.4, -0.2) is 27.2 Å². The predicted molar refractivity (Wildman–Crippen MR) is 85.4 cm³/mol. The van der Waals surface area contributed by atoms with E-state index in [9.17, 15) is 4.79 Å². The number of hydrogen-bond acceptors (Lipinski definition) is 3. The molecule has 0 aliphatic heterocycles. The highest BCUT2D eigenvalue weighted by Gasteiger charge is 2.14. The van der Waals surface area contributed by atoms with Crippen molar-refractivity contribution in [1.82, 2.24) is 5.32 Å². The third-order valence-electron chi connectivity index (χ3n) is 3.11. The highest BCUT2D eigenvalue weighted by Crippen LogP contribution is 2.30. The van der Waals surface area contributed by atoms with E-state index in [1.54, 1.807) is 26.3 Å². The zero-order valence-electron chi connectivity index (χ0n) is 12.8. The van der Waals surface area contributed by atoms with E-state index in [0.717, 1.165) is 5.56 Å². The van der Waals surface area contributed by atoms with Crippen LogP contribution in [0.1, 0.15) is 21.5 Å². The smallest absolute Gasteiger partial charge is 0.252 e. The normalized spacial score (nSPS) is 9.41. The number of carbonyl (C=O) groups is 1. The second-order valence-corrected chi connectivity index (χ2v) is 4.45. The first-order valence-corrected chi connectivity index (χ1v) is 6.74. The average molecular weight is 295 g/mol. The monoisotopic (exact) mass is 295 g/mol. The van der Waals surface area contributed by atoms with E-state index in [0.29, 0.717) is 22.6 Å². The highest BCUT2D eigenvalue weighted by molar-refractivity contribution is 5.97. The molecule has 0 saturated heterocycles. The van der Waals surface area contributed by atoms with Crippen molar-refractivity contribution in [3.63, 3.8) is 0 Å². The van der Waals surface area contributed by atoms with E-state index in [-0.39, 0.29) is 5.91 Å². The fraction of sp³-hybridized carbons (Fsp3) is 0.167. The molecule has 22 heavy (non-hydrogen) atoms. The average Bonchev–Trinajstić information content (AvgIpc) is 2.59. The van der Waals surface area contributed by atoms with Gasteiger partial charge >= 0.3 is 0 Å². The van der Waals surface area contributed by atoms with Crippen LogP contribution in [0.25, 0.3) is 0 Å². The van der Waals surface area contributed by atoms with Gasteiger partial charge in [-0.25, -0.2) is 0 Å². The van der Waals surface area contributed by atoms with Crippen molar-refractivity contribution in [2.24, 2.45) is 0 Å². The number of ether oxygens (including phenoxy) is 2. The Morgan fingerprint density at radius 3 is 2.23 bits per heavy atom. The quantitative estimate of drug-likeness (QED) is 0.885. The Morgan fingerprint density at radius 1 is 1.00 bits per heavy atom. The summed E-state index contributed by atoms with van der Waals surface area (Å²) in [5.41, 5.74) is 1.91. The molecule has 0 saturated carbocycles. The summed E-state index contributed by atoms with van der Waals surface area (Å²) in [6.45, 7) is 0. The van der Waals surface area contributed by atoms with Crippen molar-refractivity contribution in [3.05, 3.63) is 59.2 Å². The second kappa shape index (κ2) is 7.19. The summed E-state index contributed by atoms with van der Waals surface area (Å²) in [7, 11) is 4.65. The summed E-state index contributed by atoms with van der Waals surface area (Å²) in [6, 6.07) is 12.9. The molecule has 0 fully saturated rings. The SMILES string of the molecule is CNC(=O)c1cc(OC)c(OC)cc1C#Cc1ccccc1. The molecule has 0 radical (unpaired) electrons. The molecule has 2 rings (SSSR count). The Balaban J connectivity index is 2.53. The maximum atomic E-state index is 12.0. The molecule has 0 bridgehead atoms. The predicted octanol–water partition coefficient (Wildman–Crippen LogP) is 2.46. The van der Waals surface area contributed by atoms with E-state index in [1.807, 2.05) is 30.3 Å². The summed E-state index contributed by atoms with van der Waals surface area (Å²) in [6.07, 6.45) is 0. The van der Waals surface area contributed by atoms with Crippen LogP contribution in [0, 0.1) is 11.8 Å². The van der Waals surface area contributed by atoms with Gasteiger partial charge in [0.2, 0.25) is 0 Å². The first-order chi connectivity index (χ1) is 10.7. The van der Waals surface area contributed by atoms with Crippen LogP contribution in [0.4, 0.5) is 0 Å². The van der Waals surface area contributed by atoms with E-state index >= 15 is 0 Å². The lowest BCUT2D eigenvalue weighted by atomic mass is 10.0. The third-order valence-corrected chi connectivity index (χ3v) is 3.11. The van der Waals surface area contributed by atoms with Gasteiger partial charge in [0.25, 0.3) is 5.91 Å². The molecule has 1 N–H and O–H groups in total. The van der Waals surface area contributed by atoms with Crippen LogP contribution in [0.15, 0.2) is 42.5 Å². The van der Waals surface area contributed by atoms with E-state index in [4.69, 9.17) is 9.47 Å². The first-order valence-electron chi connectivity index (χ1n) is 6.74. The van der Waals surface area contributed by atoms with Crippen molar-refractivity contribution < 1.29 is 14.3 Å². The third kappa shape index (κ3) is 3.39. The summed E-state index contributed by atoms with van der Waals surface area (Å²) < 4.78 is 10.5. The van der Waals surface area contributed by atoms with Crippen LogP contribution in [0.5, 0.6) is 11.5 Å². The van der Waals surface area contributed by atoms with Crippen molar-refractivity contribution in [2.75, 3.05) is 21.3 Å². The number of benzene rings is 2. The summed E-state index contributed by atoms with van der Waals surface area (Å²) in [5.74, 6) is 6.87. The molecular weight excluding hydrogens is 278 g/mol.